The summed E-state index contributed by atoms with van der Waals surface area (Å²) in [5.74, 6) is -2.94. The number of rotatable bonds is 8. The Balaban J connectivity index is 3.71. The van der Waals surface area contributed by atoms with E-state index in [1.165, 1.54) is 0 Å². The van der Waals surface area contributed by atoms with E-state index in [0.29, 0.717) is 0 Å². The Morgan fingerprint density at radius 1 is 1.50 bits per heavy atom. The van der Waals surface area contributed by atoms with Gasteiger partial charge in [0.25, 0.3) is 0 Å². The molecule has 0 fully saturated rings. The summed E-state index contributed by atoms with van der Waals surface area (Å²) < 4.78 is 9.57. The maximum atomic E-state index is 11.0. The van der Waals surface area contributed by atoms with E-state index in [9.17, 15) is 9.59 Å². The van der Waals surface area contributed by atoms with Crippen LogP contribution < -0.4 is 0 Å². The predicted molar refractivity (Wildman–Crippen MR) is 54.4 cm³/mol. The van der Waals surface area contributed by atoms with Crippen molar-refractivity contribution in [3.8, 4) is 0 Å². The first-order valence-corrected chi connectivity index (χ1v) is 4.76. The second kappa shape index (κ2) is 7.10. The molecule has 0 saturated carbocycles. The normalized spacial score (nSPS) is 10.9. The van der Waals surface area contributed by atoms with E-state index in [0.717, 1.165) is 0 Å². The molecule has 16 heavy (non-hydrogen) atoms. The summed E-state index contributed by atoms with van der Waals surface area (Å²) in [6.07, 6.45) is -0.261. The molecule has 0 aliphatic carbocycles. The van der Waals surface area contributed by atoms with Crippen molar-refractivity contribution >= 4 is 12.3 Å². The summed E-state index contributed by atoms with van der Waals surface area (Å²) in [5, 5.41) is 17.8. The Hall–Kier alpha value is -1.24. The van der Waals surface area contributed by atoms with Gasteiger partial charge >= 0.3 is 5.97 Å². The van der Waals surface area contributed by atoms with Crippen LogP contribution in [0, 0.1) is 0 Å². The van der Waals surface area contributed by atoms with E-state index in [2.05, 4.69) is 11.3 Å². The Bertz CT molecular complexity index is 258. The molecular weight excluding hydrogens is 216 g/mol. The van der Waals surface area contributed by atoms with Crippen molar-refractivity contribution in [2.75, 3.05) is 19.8 Å². The zero-order chi connectivity index (χ0) is 12.6. The summed E-state index contributed by atoms with van der Waals surface area (Å²) >= 11 is 0. The van der Waals surface area contributed by atoms with Crippen molar-refractivity contribution in [2.24, 2.45) is 0 Å². The molecule has 0 saturated heterocycles. The lowest BCUT2D eigenvalue weighted by Crippen LogP contribution is -2.31. The van der Waals surface area contributed by atoms with Gasteiger partial charge in [-0.3, -0.25) is 4.79 Å². The number of ether oxygens (including phenoxy) is 2. The zero-order valence-electron chi connectivity index (χ0n) is 9.14. The van der Waals surface area contributed by atoms with Gasteiger partial charge in [-0.15, -0.1) is 0 Å². The average molecular weight is 232 g/mol. The summed E-state index contributed by atoms with van der Waals surface area (Å²) in [5.41, 5.74) is 0.134. The summed E-state index contributed by atoms with van der Waals surface area (Å²) in [6.45, 7) is 5.20. The summed E-state index contributed by atoms with van der Waals surface area (Å²) in [7, 11) is 0. The molecule has 0 rings (SSSR count). The van der Waals surface area contributed by atoms with Crippen LogP contribution in [-0.4, -0.2) is 48.1 Å². The Labute approximate surface area is 93.5 Å². The molecule has 0 amide bonds. The fourth-order valence-corrected chi connectivity index (χ4v) is 0.769. The maximum Gasteiger partial charge on any atom is 0.335 e. The van der Waals surface area contributed by atoms with E-state index in [4.69, 9.17) is 14.9 Å². The minimum absolute atomic E-state index is 0.0104. The number of carbonyl (C=O) groups is 2. The van der Waals surface area contributed by atoms with Crippen LogP contribution >= 0.6 is 0 Å². The van der Waals surface area contributed by atoms with Gasteiger partial charge in [0.2, 0.25) is 5.79 Å². The quantitative estimate of drug-likeness (QED) is 0.191. The lowest BCUT2D eigenvalue weighted by molar-refractivity contribution is -0.175. The standard InChI is InChI=1S/C10H16O6/c1-3-16-9(12)8(2)6-15-5-4-10(13,14)7-11/h7,13-14H,2-6H2,1H3. The molecule has 6 nitrogen and oxygen atoms in total. The van der Waals surface area contributed by atoms with Gasteiger partial charge in [0, 0.05) is 6.42 Å². The van der Waals surface area contributed by atoms with Crippen LogP contribution in [0.15, 0.2) is 12.2 Å². The summed E-state index contributed by atoms with van der Waals surface area (Å²) in [4.78, 5) is 21.1. The number of aldehydes is 1. The highest BCUT2D eigenvalue weighted by Gasteiger charge is 2.21. The highest BCUT2D eigenvalue weighted by Crippen LogP contribution is 2.03. The van der Waals surface area contributed by atoms with E-state index in [-0.39, 0.29) is 38.1 Å². The van der Waals surface area contributed by atoms with Crippen molar-refractivity contribution in [3.05, 3.63) is 12.2 Å². The monoisotopic (exact) mass is 232 g/mol. The van der Waals surface area contributed by atoms with E-state index < -0.39 is 11.8 Å². The third-order valence-corrected chi connectivity index (χ3v) is 1.64. The Morgan fingerprint density at radius 2 is 2.12 bits per heavy atom. The molecule has 0 spiro atoms. The largest absolute Gasteiger partial charge is 0.463 e. The second-order valence-corrected chi connectivity index (χ2v) is 3.12. The molecule has 0 bridgehead atoms. The third kappa shape index (κ3) is 6.28. The number of hydrogen-bond acceptors (Lipinski definition) is 6. The van der Waals surface area contributed by atoms with Crippen LogP contribution in [0.3, 0.4) is 0 Å². The van der Waals surface area contributed by atoms with Gasteiger partial charge in [-0.2, -0.15) is 0 Å². The number of esters is 1. The lowest BCUT2D eigenvalue weighted by Gasteiger charge is -2.13. The van der Waals surface area contributed by atoms with Gasteiger partial charge < -0.3 is 19.7 Å². The molecule has 6 heteroatoms. The SMILES string of the molecule is C=C(COCCC(O)(O)C=O)C(=O)OCC. The van der Waals surface area contributed by atoms with Crippen LogP contribution in [0.1, 0.15) is 13.3 Å². The molecule has 92 valence electrons. The number of hydrogen-bond donors (Lipinski definition) is 2. The summed E-state index contributed by atoms with van der Waals surface area (Å²) in [6, 6.07) is 0. The van der Waals surface area contributed by atoms with Gasteiger partial charge in [0.15, 0.2) is 6.29 Å². The van der Waals surface area contributed by atoms with Crippen molar-refractivity contribution in [1.82, 2.24) is 0 Å². The minimum atomic E-state index is -2.38. The predicted octanol–water partition coefficient (Wildman–Crippen LogP) is -0.608. The molecule has 0 aromatic rings. The van der Waals surface area contributed by atoms with Crippen LogP contribution in [0.2, 0.25) is 0 Å². The van der Waals surface area contributed by atoms with Gasteiger partial charge in [0.05, 0.1) is 25.4 Å². The molecule has 0 aromatic heterocycles. The van der Waals surface area contributed by atoms with Crippen LogP contribution in [0.25, 0.3) is 0 Å². The first-order chi connectivity index (χ1) is 7.43. The molecular formula is C10H16O6. The molecule has 0 aromatic carbocycles. The fraction of sp³-hybridized carbons (Fsp3) is 0.600. The molecule has 0 aliphatic rings. The minimum Gasteiger partial charge on any atom is -0.463 e. The van der Waals surface area contributed by atoms with Crippen molar-refractivity contribution < 1.29 is 29.3 Å². The highest BCUT2D eigenvalue weighted by atomic mass is 16.5. The van der Waals surface area contributed by atoms with E-state index >= 15 is 0 Å². The van der Waals surface area contributed by atoms with Crippen LogP contribution in [-0.2, 0) is 19.1 Å². The Kier molecular flexibility index (Phi) is 6.55. The zero-order valence-corrected chi connectivity index (χ0v) is 9.14. The number of aliphatic hydroxyl groups is 2. The molecule has 0 aliphatic heterocycles. The second-order valence-electron chi connectivity index (χ2n) is 3.12. The van der Waals surface area contributed by atoms with Crippen LogP contribution in [0.5, 0.6) is 0 Å². The van der Waals surface area contributed by atoms with Gasteiger partial charge in [-0.05, 0) is 6.92 Å². The van der Waals surface area contributed by atoms with Crippen LogP contribution in [0.4, 0.5) is 0 Å². The Morgan fingerprint density at radius 3 is 2.62 bits per heavy atom. The van der Waals surface area contributed by atoms with Crippen molar-refractivity contribution in [2.45, 2.75) is 19.1 Å². The van der Waals surface area contributed by atoms with Crippen molar-refractivity contribution in [1.29, 1.82) is 0 Å². The number of carbonyl (C=O) groups excluding carboxylic acids is 2. The van der Waals surface area contributed by atoms with E-state index in [1.807, 2.05) is 0 Å². The van der Waals surface area contributed by atoms with Gasteiger partial charge in [-0.25, -0.2) is 4.79 Å². The molecule has 2 N–H and O–H groups in total. The molecule has 0 radical (unpaired) electrons. The van der Waals surface area contributed by atoms with E-state index in [1.54, 1.807) is 6.92 Å². The first kappa shape index (κ1) is 14.8. The fourth-order valence-electron chi connectivity index (χ4n) is 0.769. The van der Waals surface area contributed by atoms with Gasteiger partial charge in [0.1, 0.15) is 0 Å². The molecule has 0 unspecified atom stereocenters. The van der Waals surface area contributed by atoms with Gasteiger partial charge in [-0.1, -0.05) is 6.58 Å². The topological polar surface area (TPSA) is 93.1 Å². The lowest BCUT2D eigenvalue weighted by atomic mass is 10.2. The molecule has 0 heterocycles. The molecule has 0 atom stereocenters. The van der Waals surface area contributed by atoms with Crippen molar-refractivity contribution in [3.63, 3.8) is 0 Å². The highest BCUT2D eigenvalue weighted by molar-refractivity contribution is 5.87. The third-order valence-electron chi connectivity index (χ3n) is 1.64. The smallest absolute Gasteiger partial charge is 0.335 e. The average Bonchev–Trinajstić information content (AvgIpc) is 2.24. The first-order valence-electron chi connectivity index (χ1n) is 4.76. The maximum absolute atomic E-state index is 11.0.